The first-order valence-corrected chi connectivity index (χ1v) is 7.00. The van der Waals surface area contributed by atoms with Crippen molar-refractivity contribution in [1.82, 2.24) is 0 Å². The van der Waals surface area contributed by atoms with Crippen LogP contribution < -0.4 is 4.52 Å². The van der Waals surface area contributed by atoms with E-state index in [1.807, 2.05) is 44.2 Å². The fourth-order valence-corrected chi connectivity index (χ4v) is 2.48. The summed E-state index contributed by atoms with van der Waals surface area (Å²) in [5.41, 5.74) is -0.234. The third-order valence-electron chi connectivity index (χ3n) is 2.09. The molecular formula is C11H16ClO2P. The molecule has 1 atom stereocenters. The minimum absolute atomic E-state index is 0.234. The SMILES string of the molecule is CCC(C)(C)OP(Cl)Oc1ccccc1. The molecule has 1 aromatic carbocycles. The van der Waals surface area contributed by atoms with E-state index in [2.05, 4.69) is 6.92 Å². The van der Waals surface area contributed by atoms with Crippen molar-refractivity contribution >= 4 is 19.0 Å². The van der Waals surface area contributed by atoms with E-state index in [4.69, 9.17) is 20.3 Å². The Bertz CT molecular complexity index is 290. The predicted octanol–water partition coefficient (Wildman–Crippen LogP) is 4.74. The van der Waals surface area contributed by atoms with E-state index in [0.717, 1.165) is 12.2 Å². The summed E-state index contributed by atoms with van der Waals surface area (Å²) in [6.07, 6.45) is 0.900. The highest BCUT2D eigenvalue weighted by Crippen LogP contribution is 2.48. The lowest BCUT2D eigenvalue weighted by atomic mass is 10.1. The van der Waals surface area contributed by atoms with E-state index in [0.29, 0.717) is 0 Å². The van der Waals surface area contributed by atoms with Crippen LogP contribution in [0, 0.1) is 0 Å². The topological polar surface area (TPSA) is 18.5 Å². The number of hydrogen-bond donors (Lipinski definition) is 0. The van der Waals surface area contributed by atoms with E-state index < -0.39 is 7.73 Å². The zero-order chi connectivity index (χ0) is 11.3. The number of benzene rings is 1. The molecule has 0 aromatic heterocycles. The monoisotopic (exact) mass is 246 g/mol. The lowest BCUT2D eigenvalue weighted by molar-refractivity contribution is 0.114. The fourth-order valence-electron chi connectivity index (χ4n) is 0.842. The summed E-state index contributed by atoms with van der Waals surface area (Å²) in [5, 5.41) is 0. The molecule has 0 aliphatic rings. The quantitative estimate of drug-likeness (QED) is 0.699. The third kappa shape index (κ3) is 4.83. The molecule has 84 valence electrons. The molecule has 1 unspecified atom stereocenters. The maximum atomic E-state index is 6.00. The van der Waals surface area contributed by atoms with Crippen LogP contribution in [0.5, 0.6) is 5.75 Å². The molecule has 0 N–H and O–H groups in total. The van der Waals surface area contributed by atoms with Crippen molar-refractivity contribution in [3.63, 3.8) is 0 Å². The van der Waals surface area contributed by atoms with E-state index in [-0.39, 0.29) is 5.60 Å². The normalized spacial score (nSPS) is 13.6. The standard InChI is InChI=1S/C11H16ClO2P/c1-4-11(2,3)14-15(12)13-10-8-6-5-7-9-10/h5-9H,4H2,1-3H3. The van der Waals surface area contributed by atoms with Gasteiger partial charge in [-0.2, -0.15) is 0 Å². The van der Waals surface area contributed by atoms with Gasteiger partial charge in [0.1, 0.15) is 5.75 Å². The van der Waals surface area contributed by atoms with Gasteiger partial charge >= 0.3 is 7.73 Å². The molecule has 15 heavy (non-hydrogen) atoms. The Labute approximate surface area is 97.3 Å². The van der Waals surface area contributed by atoms with Gasteiger partial charge in [0.15, 0.2) is 0 Å². The van der Waals surface area contributed by atoms with Gasteiger partial charge in [-0.05, 0) is 43.6 Å². The minimum atomic E-state index is -1.38. The maximum Gasteiger partial charge on any atom is 0.338 e. The average molecular weight is 247 g/mol. The van der Waals surface area contributed by atoms with Crippen molar-refractivity contribution in [2.45, 2.75) is 32.8 Å². The highest BCUT2D eigenvalue weighted by molar-refractivity contribution is 7.76. The van der Waals surface area contributed by atoms with Gasteiger partial charge in [0, 0.05) is 0 Å². The Kier molecular flexibility index (Phi) is 4.85. The van der Waals surface area contributed by atoms with Gasteiger partial charge in [-0.1, -0.05) is 25.1 Å². The molecular weight excluding hydrogens is 231 g/mol. The molecule has 0 bridgehead atoms. The average Bonchev–Trinajstić information content (AvgIpc) is 2.18. The zero-order valence-corrected chi connectivity index (χ0v) is 10.9. The van der Waals surface area contributed by atoms with E-state index in [1.54, 1.807) is 0 Å². The number of rotatable bonds is 5. The predicted molar refractivity (Wildman–Crippen MR) is 65.3 cm³/mol. The second-order valence-corrected chi connectivity index (χ2v) is 5.44. The molecule has 1 aromatic rings. The minimum Gasteiger partial charge on any atom is -0.436 e. The van der Waals surface area contributed by atoms with Crippen LogP contribution in [0.1, 0.15) is 27.2 Å². The van der Waals surface area contributed by atoms with E-state index in [1.165, 1.54) is 0 Å². The summed E-state index contributed by atoms with van der Waals surface area (Å²) in [6, 6.07) is 9.46. The summed E-state index contributed by atoms with van der Waals surface area (Å²) in [7, 11) is -1.38. The molecule has 0 fully saturated rings. The van der Waals surface area contributed by atoms with Crippen molar-refractivity contribution in [3.8, 4) is 5.75 Å². The summed E-state index contributed by atoms with van der Waals surface area (Å²) in [6.45, 7) is 6.06. The summed E-state index contributed by atoms with van der Waals surface area (Å²) < 4.78 is 11.1. The Morgan fingerprint density at radius 2 is 1.87 bits per heavy atom. The van der Waals surface area contributed by atoms with Gasteiger partial charge in [0.25, 0.3) is 0 Å². The second kappa shape index (κ2) is 5.69. The summed E-state index contributed by atoms with van der Waals surface area (Å²) >= 11 is 6.00. The van der Waals surface area contributed by atoms with Crippen LogP contribution in [0.3, 0.4) is 0 Å². The van der Waals surface area contributed by atoms with Gasteiger partial charge in [-0.25, -0.2) is 0 Å². The highest BCUT2D eigenvalue weighted by atomic mass is 35.7. The van der Waals surface area contributed by atoms with Crippen LogP contribution in [0.2, 0.25) is 0 Å². The molecule has 0 amide bonds. The fraction of sp³-hybridized carbons (Fsp3) is 0.455. The molecule has 1 rings (SSSR count). The molecule has 0 saturated carbocycles. The van der Waals surface area contributed by atoms with Crippen molar-refractivity contribution in [2.24, 2.45) is 0 Å². The van der Waals surface area contributed by atoms with Crippen molar-refractivity contribution in [3.05, 3.63) is 30.3 Å². The first-order valence-electron chi connectivity index (χ1n) is 4.91. The van der Waals surface area contributed by atoms with Crippen LogP contribution in [-0.4, -0.2) is 5.60 Å². The zero-order valence-electron chi connectivity index (χ0n) is 9.24. The molecule has 0 aliphatic heterocycles. The molecule has 0 spiro atoms. The van der Waals surface area contributed by atoms with Gasteiger partial charge in [-0.15, -0.1) is 0 Å². The summed E-state index contributed by atoms with van der Waals surface area (Å²) in [5.74, 6) is 0.741. The largest absolute Gasteiger partial charge is 0.436 e. The Hall–Kier alpha value is -0.300. The van der Waals surface area contributed by atoms with E-state index in [9.17, 15) is 0 Å². The van der Waals surface area contributed by atoms with Crippen LogP contribution in [0.15, 0.2) is 30.3 Å². The first-order chi connectivity index (χ1) is 7.03. The van der Waals surface area contributed by atoms with Gasteiger partial charge < -0.3 is 9.05 Å². The molecule has 0 heterocycles. The van der Waals surface area contributed by atoms with Crippen LogP contribution in [-0.2, 0) is 4.52 Å². The number of para-hydroxylation sites is 1. The van der Waals surface area contributed by atoms with Gasteiger partial charge in [0.2, 0.25) is 0 Å². The molecule has 2 nitrogen and oxygen atoms in total. The Balaban J connectivity index is 2.46. The molecule has 0 aliphatic carbocycles. The van der Waals surface area contributed by atoms with Crippen LogP contribution in [0.25, 0.3) is 0 Å². The van der Waals surface area contributed by atoms with Crippen LogP contribution >= 0.6 is 19.0 Å². The molecule has 0 saturated heterocycles. The smallest absolute Gasteiger partial charge is 0.338 e. The highest BCUT2D eigenvalue weighted by Gasteiger charge is 2.22. The van der Waals surface area contributed by atoms with E-state index >= 15 is 0 Å². The Morgan fingerprint density at radius 3 is 2.40 bits per heavy atom. The first kappa shape index (κ1) is 12.8. The number of halogens is 1. The number of hydrogen-bond acceptors (Lipinski definition) is 2. The molecule has 0 radical (unpaired) electrons. The molecule has 4 heteroatoms. The van der Waals surface area contributed by atoms with Crippen molar-refractivity contribution in [1.29, 1.82) is 0 Å². The van der Waals surface area contributed by atoms with Crippen LogP contribution in [0.4, 0.5) is 0 Å². The lowest BCUT2D eigenvalue weighted by Gasteiger charge is -2.25. The lowest BCUT2D eigenvalue weighted by Crippen LogP contribution is -2.20. The van der Waals surface area contributed by atoms with Crippen molar-refractivity contribution < 1.29 is 9.05 Å². The second-order valence-electron chi connectivity index (χ2n) is 3.82. The maximum absolute atomic E-state index is 6.00. The van der Waals surface area contributed by atoms with Gasteiger partial charge in [0.05, 0.1) is 5.60 Å². The Morgan fingerprint density at radius 1 is 1.27 bits per heavy atom. The van der Waals surface area contributed by atoms with Crippen molar-refractivity contribution in [2.75, 3.05) is 0 Å². The van der Waals surface area contributed by atoms with Gasteiger partial charge in [-0.3, -0.25) is 0 Å². The summed E-state index contributed by atoms with van der Waals surface area (Å²) in [4.78, 5) is 0. The third-order valence-corrected chi connectivity index (χ3v) is 3.50.